The van der Waals surface area contributed by atoms with Gasteiger partial charge in [-0.2, -0.15) is 5.26 Å². The number of carbonyl (C=O) groups is 1. The molecule has 0 amide bonds. The third-order valence-corrected chi connectivity index (χ3v) is 4.21. The van der Waals surface area contributed by atoms with Crippen molar-refractivity contribution in [2.24, 2.45) is 10.8 Å². The van der Waals surface area contributed by atoms with Crippen molar-refractivity contribution in [1.82, 2.24) is 0 Å². The first-order valence-corrected chi connectivity index (χ1v) is 6.27. The summed E-state index contributed by atoms with van der Waals surface area (Å²) in [6.07, 6.45) is 4.39. The summed E-state index contributed by atoms with van der Waals surface area (Å²) in [6.45, 7) is 10.3. The van der Waals surface area contributed by atoms with Crippen molar-refractivity contribution in [3.8, 4) is 0 Å². The van der Waals surface area contributed by atoms with Crippen molar-refractivity contribution in [3.05, 3.63) is 0 Å². The van der Waals surface area contributed by atoms with Crippen LogP contribution in [0.3, 0.4) is 0 Å². The van der Waals surface area contributed by atoms with Gasteiger partial charge in [0.25, 0.3) is 0 Å². The molecular weight excluding hydrogens is 204 g/mol. The summed E-state index contributed by atoms with van der Waals surface area (Å²) in [5.41, 5.74) is -0.719. The van der Waals surface area contributed by atoms with E-state index in [1.54, 1.807) is 0 Å². The maximum atomic E-state index is 11.9. The fraction of sp³-hybridized carbons (Fsp3) is 0.923. The van der Waals surface area contributed by atoms with E-state index in [9.17, 15) is 4.79 Å². The van der Waals surface area contributed by atoms with Crippen LogP contribution in [-0.2, 0) is 9.68 Å². The quantitative estimate of drug-likeness (QED) is 0.530. The zero-order valence-electron chi connectivity index (χ0n) is 11.3. The zero-order valence-corrected chi connectivity index (χ0v) is 11.3. The molecule has 3 nitrogen and oxygen atoms in total. The van der Waals surface area contributed by atoms with Crippen molar-refractivity contribution >= 4 is 5.97 Å². The Hall–Kier alpha value is -0.570. The molecule has 1 N–H and O–H groups in total. The molecule has 0 saturated heterocycles. The van der Waals surface area contributed by atoms with Gasteiger partial charge in [-0.15, -0.1) is 0 Å². The van der Waals surface area contributed by atoms with Gasteiger partial charge in [0.15, 0.2) is 0 Å². The predicted molar refractivity (Wildman–Crippen MR) is 65.0 cm³/mol. The first-order valence-electron chi connectivity index (χ1n) is 6.27. The lowest BCUT2D eigenvalue weighted by atomic mass is 9.60. The third-order valence-electron chi connectivity index (χ3n) is 4.21. The van der Waals surface area contributed by atoms with Crippen LogP contribution in [0, 0.1) is 10.8 Å². The fourth-order valence-corrected chi connectivity index (χ4v) is 2.42. The van der Waals surface area contributed by atoms with E-state index < -0.39 is 11.4 Å². The monoisotopic (exact) mass is 230 g/mol. The molecule has 0 heterocycles. The lowest BCUT2D eigenvalue weighted by Crippen LogP contribution is -2.44. The van der Waals surface area contributed by atoms with E-state index >= 15 is 0 Å². The number of hydrogen-bond acceptors (Lipinski definition) is 3. The number of rotatable bonds is 7. The summed E-state index contributed by atoms with van der Waals surface area (Å²) in [7, 11) is 0. The molecule has 0 aromatic heterocycles. The van der Waals surface area contributed by atoms with Crippen molar-refractivity contribution in [2.45, 2.75) is 66.7 Å². The Balaban J connectivity index is 5.18. The highest BCUT2D eigenvalue weighted by Gasteiger charge is 2.49. The highest BCUT2D eigenvalue weighted by atomic mass is 17.1. The Morgan fingerprint density at radius 2 is 1.75 bits per heavy atom. The molecule has 3 heteroatoms. The van der Waals surface area contributed by atoms with Gasteiger partial charge in [-0.25, -0.2) is 4.79 Å². The molecule has 16 heavy (non-hydrogen) atoms. The molecule has 0 aliphatic heterocycles. The van der Waals surface area contributed by atoms with Crippen LogP contribution in [0.5, 0.6) is 0 Å². The molecule has 0 aromatic carbocycles. The van der Waals surface area contributed by atoms with Gasteiger partial charge in [0.05, 0.1) is 5.41 Å². The molecule has 0 bridgehead atoms. The minimum atomic E-state index is -0.563. The van der Waals surface area contributed by atoms with Gasteiger partial charge in [-0.1, -0.05) is 47.5 Å². The maximum absolute atomic E-state index is 11.9. The van der Waals surface area contributed by atoms with Crippen molar-refractivity contribution < 1.29 is 14.9 Å². The van der Waals surface area contributed by atoms with E-state index in [1.807, 2.05) is 6.92 Å². The average molecular weight is 230 g/mol. The smallest absolute Gasteiger partial charge is 0.300 e. The van der Waals surface area contributed by atoms with Gasteiger partial charge in [-0.05, 0) is 24.7 Å². The number of carbonyl (C=O) groups excluding carboxylic acids is 1. The van der Waals surface area contributed by atoms with Crippen LogP contribution < -0.4 is 0 Å². The summed E-state index contributed by atoms with van der Waals surface area (Å²) >= 11 is 0. The van der Waals surface area contributed by atoms with Crippen LogP contribution in [0.1, 0.15) is 66.7 Å². The van der Waals surface area contributed by atoms with Crippen LogP contribution in [0.4, 0.5) is 0 Å². The van der Waals surface area contributed by atoms with E-state index in [2.05, 4.69) is 32.6 Å². The van der Waals surface area contributed by atoms with Gasteiger partial charge in [0.2, 0.25) is 0 Å². The Morgan fingerprint density at radius 1 is 1.19 bits per heavy atom. The van der Waals surface area contributed by atoms with Gasteiger partial charge in [-0.3, -0.25) is 0 Å². The van der Waals surface area contributed by atoms with Gasteiger partial charge >= 0.3 is 5.97 Å². The summed E-state index contributed by atoms with van der Waals surface area (Å²) in [6, 6.07) is 0. The maximum Gasteiger partial charge on any atom is 0.348 e. The zero-order chi connectivity index (χ0) is 12.8. The molecule has 0 aromatic rings. The largest absolute Gasteiger partial charge is 0.348 e. The predicted octanol–water partition coefficient (Wildman–Crippen LogP) is 4.03. The molecule has 96 valence electrons. The molecular formula is C13H26O3. The summed E-state index contributed by atoms with van der Waals surface area (Å²) in [4.78, 5) is 16.0. The van der Waals surface area contributed by atoms with Crippen molar-refractivity contribution in [2.75, 3.05) is 0 Å². The molecule has 0 rings (SSSR count). The summed E-state index contributed by atoms with van der Waals surface area (Å²) in [5.74, 6) is -0.477. The highest BCUT2D eigenvalue weighted by molar-refractivity contribution is 5.77. The van der Waals surface area contributed by atoms with Crippen LogP contribution in [0.15, 0.2) is 0 Å². The third kappa shape index (κ3) is 2.76. The molecule has 1 atom stereocenters. The first-order chi connectivity index (χ1) is 7.41. The van der Waals surface area contributed by atoms with E-state index in [0.717, 1.165) is 25.7 Å². The van der Waals surface area contributed by atoms with E-state index in [1.165, 1.54) is 0 Å². The average Bonchev–Trinajstić information content (AvgIpc) is 2.29. The molecule has 0 aliphatic rings. The fourth-order valence-electron chi connectivity index (χ4n) is 2.42. The summed E-state index contributed by atoms with van der Waals surface area (Å²) < 4.78 is 0. The Morgan fingerprint density at radius 3 is 2.06 bits per heavy atom. The van der Waals surface area contributed by atoms with E-state index in [-0.39, 0.29) is 5.41 Å². The second-order valence-electron chi connectivity index (χ2n) is 5.16. The van der Waals surface area contributed by atoms with Crippen LogP contribution in [-0.4, -0.2) is 11.2 Å². The van der Waals surface area contributed by atoms with Gasteiger partial charge in [0, 0.05) is 0 Å². The van der Waals surface area contributed by atoms with Crippen LogP contribution in [0.2, 0.25) is 0 Å². The first kappa shape index (κ1) is 15.4. The molecule has 0 fully saturated rings. The lowest BCUT2D eigenvalue weighted by molar-refractivity contribution is -0.252. The normalized spacial score (nSPS) is 15.6. The van der Waals surface area contributed by atoms with E-state index in [4.69, 9.17) is 5.26 Å². The second kappa shape index (κ2) is 6.24. The summed E-state index contributed by atoms with van der Waals surface area (Å²) in [5, 5.41) is 8.71. The molecule has 0 radical (unpaired) electrons. The minimum Gasteiger partial charge on any atom is -0.300 e. The van der Waals surface area contributed by atoms with Crippen LogP contribution >= 0.6 is 0 Å². The topological polar surface area (TPSA) is 46.5 Å². The Labute approximate surface area is 99.1 Å². The van der Waals surface area contributed by atoms with Crippen LogP contribution in [0.25, 0.3) is 0 Å². The van der Waals surface area contributed by atoms with Crippen molar-refractivity contribution in [1.29, 1.82) is 0 Å². The number of unbranched alkanes of at least 4 members (excludes halogenated alkanes) is 1. The Bertz CT molecular complexity index is 223. The molecule has 0 saturated carbocycles. The Kier molecular flexibility index (Phi) is 6.01. The minimum absolute atomic E-state index is 0.156. The van der Waals surface area contributed by atoms with Gasteiger partial charge in [0.1, 0.15) is 0 Å². The molecule has 0 aliphatic carbocycles. The molecule has 0 spiro atoms. The highest BCUT2D eigenvalue weighted by Crippen LogP contribution is 2.48. The van der Waals surface area contributed by atoms with E-state index in [0.29, 0.717) is 6.42 Å². The SMILES string of the molecule is CCCCC(CC)(C(=O)OO)C(C)(C)CC. The van der Waals surface area contributed by atoms with Gasteiger partial charge < -0.3 is 4.89 Å². The van der Waals surface area contributed by atoms with Crippen molar-refractivity contribution in [3.63, 3.8) is 0 Å². The number of hydrogen-bond donors (Lipinski definition) is 1. The molecule has 1 unspecified atom stereocenters. The second-order valence-corrected chi connectivity index (χ2v) is 5.16. The lowest BCUT2D eigenvalue weighted by Gasteiger charge is -2.43. The standard InChI is InChI=1S/C13H26O3/c1-6-9-10-13(8-3,11(14)16-15)12(4,5)7-2/h15H,6-10H2,1-5H3.